The van der Waals surface area contributed by atoms with E-state index in [1.54, 1.807) is 10.9 Å². The van der Waals surface area contributed by atoms with Gasteiger partial charge in [0.15, 0.2) is 0 Å². The summed E-state index contributed by atoms with van der Waals surface area (Å²) >= 11 is 1.43. The molecule has 1 aliphatic rings. The van der Waals surface area contributed by atoms with Crippen LogP contribution in [-0.4, -0.2) is 78.1 Å². The van der Waals surface area contributed by atoms with E-state index in [4.69, 9.17) is 19.8 Å². The van der Waals surface area contributed by atoms with Gasteiger partial charge in [0, 0.05) is 50.1 Å². The van der Waals surface area contributed by atoms with E-state index in [0.717, 1.165) is 26.1 Å². The molecule has 1 amide bonds. The number of nitrogens with one attached hydrogen (secondary N) is 1. The Balaban J connectivity index is 0.000000333. The van der Waals surface area contributed by atoms with Gasteiger partial charge in [0.2, 0.25) is 0 Å². The molecule has 218 valence electrons. The number of carboxylic acid groups (broad SMARTS) is 2. The van der Waals surface area contributed by atoms with E-state index in [2.05, 4.69) is 48.2 Å². The Labute approximate surface area is 226 Å². The summed E-state index contributed by atoms with van der Waals surface area (Å²) in [6.45, 7) is 3.27. The Morgan fingerprint density at radius 2 is 1.60 bits per heavy atom. The maximum atomic E-state index is 12.0. The summed E-state index contributed by atoms with van der Waals surface area (Å²) in [4.78, 5) is 40.4. The fraction of sp³-hybridized carbons (Fsp3) is 0.364. The van der Waals surface area contributed by atoms with Crippen LogP contribution in [0.15, 0.2) is 47.7 Å². The molecule has 3 aromatic rings. The Morgan fingerprint density at radius 3 is 2.12 bits per heavy atom. The summed E-state index contributed by atoms with van der Waals surface area (Å²) in [5.41, 5.74) is 4.62. The van der Waals surface area contributed by atoms with Crippen molar-refractivity contribution in [3.8, 4) is 0 Å². The zero-order valence-electron chi connectivity index (χ0n) is 20.3. The summed E-state index contributed by atoms with van der Waals surface area (Å²) in [6.07, 6.45) is -3.83. The average molecular weight is 597 g/mol. The summed E-state index contributed by atoms with van der Waals surface area (Å²) in [7, 11) is 0. The number of aliphatic carboxylic acids is 2. The van der Waals surface area contributed by atoms with E-state index in [9.17, 15) is 31.1 Å². The fourth-order valence-corrected chi connectivity index (χ4v) is 3.84. The first-order chi connectivity index (χ1) is 18.7. The van der Waals surface area contributed by atoms with E-state index in [1.807, 2.05) is 18.6 Å². The molecule has 0 saturated carbocycles. The lowest BCUT2D eigenvalue weighted by Crippen LogP contribution is -2.39. The van der Waals surface area contributed by atoms with Gasteiger partial charge in [-0.1, -0.05) is 0 Å². The molecule has 1 unspecified atom stereocenters. The van der Waals surface area contributed by atoms with Crippen molar-refractivity contribution >= 4 is 29.2 Å². The number of halogens is 6. The monoisotopic (exact) mass is 596 g/mol. The molecule has 3 aromatic heterocycles. The second-order valence-electron chi connectivity index (χ2n) is 7.97. The number of hydrogen-bond acceptors (Lipinski definition) is 8. The number of amides is 1. The van der Waals surface area contributed by atoms with Gasteiger partial charge in [0.05, 0.1) is 17.2 Å². The highest BCUT2D eigenvalue weighted by molar-refractivity contribution is 7.07. The van der Waals surface area contributed by atoms with Crippen LogP contribution in [0.2, 0.25) is 0 Å². The topological polar surface area (TPSA) is 151 Å². The van der Waals surface area contributed by atoms with E-state index < -0.39 is 24.3 Å². The minimum absolute atomic E-state index is 0.114. The van der Waals surface area contributed by atoms with Crippen LogP contribution in [-0.2, 0) is 22.7 Å². The Kier molecular flexibility index (Phi) is 11.5. The molecule has 0 bridgehead atoms. The maximum absolute atomic E-state index is 12.0. The van der Waals surface area contributed by atoms with Crippen LogP contribution < -0.4 is 5.32 Å². The quantitative estimate of drug-likeness (QED) is 0.364. The van der Waals surface area contributed by atoms with Crippen LogP contribution in [0.4, 0.5) is 26.3 Å². The molecule has 0 aromatic carbocycles. The molecule has 0 radical (unpaired) electrons. The second-order valence-corrected chi connectivity index (χ2v) is 8.69. The standard InChI is InChI=1S/C18H20N6OS.2C2HF3O2/c25-18(17-12-26-13-21-17)20-7-3-15-10-23(9-14-1-5-19-6-2-14)11-16-4-8-22-24(15)16;2*3-2(4,5)1(6)7/h1-2,4-6,8,12-13,15H,3,7,9-11H2,(H,20,25);2*(H,6,7). The molecule has 40 heavy (non-hydrogen) atoms. The fourth-order valence-electron chi connectivity index (χ4n) is 3.31. The van der Waals surface area contributed by atoms with Gasteiger partial charge in [-0.05, 0) is 30.2 Å². The summed E-state index contributed by atoms with van der Waals surface area (Å²) in [5, 5.41) is 23.5. The third kappa shape index (κ3) is 10.6. The van der Waals surface area contributed by atoms with Crippen LogP contribution in [0.1, 0.15) is 34.2 Å². The van der Waals surface area contributed by atoms with Crippen molar-refractivity contribution in [1.29, 1.82) is 0 Å². The smallest absolute Gasteiger partial charge is 0.475 e. The Bertz CT molecular complexity index is 1210. The number of rotatable bonds is 6. The highest BCUT2D eigenvalue weighted by Crippen LogP contribution is 2.24. The van der Waals surface area contributed by atoms with Gasteiger partial charge in [-0.25, -0.2) is 14.6 Å². The molecule has 4 heterocycles. The molecule has 0 saturated heterocycles. The Morgan fingerprint density at radius 1 is 1.00 bits per heavy atom. The number of nitrogens with zero attached hydrogens (tertiary/aromatic N) is 5. The molecule has 0 spiro atoms. The molecule has 18 heteroatoms. The van der Waals surface area contributed by atoms with Gasteiger partial charge < -0.3 is 15.5 Å². The third-order valence-electron chi connectivity index (χ3n) is 5.02. The maximum Gasteiger partial charge on any atom is 0.490 e. The minimum atomic E-state index is -5.08. The molecule has 1 atom stereocenters. The molecule has 11 nitrogen and oxygen atoms in total. The van der Waals surface area contributed by atoms with Crippen LogP contribution in [0.5, 0.6) is 0 Å². The predicted octanol–water partition coefficient (Wildman–Crippen LogP) is 3.38. The van der Waals surface area contributed by atoms with Crippen LogP contribution >= 0.6 is 11.3 Å². The minimum Gasteiger partial charge on any atom is -0.475 e. The number of alkyl halides is 6. The largest absolute Gasteiger partial charge is 0.490 e. The van der Waals surface area contributed by atoms with E-state index in [-0.39, 0.29) is 11.9 Å². The van der Waals surface area contributed by atoms with Crippen molar-refractivity contribution < 1.29 is 50.9 Å². The first-order valence-corrected chi connectivity index (χ1v) is 12.0. The van der Waals surface area contributed by atoms with E-state index in [0.29, 0.717) is 12.2 Å². The molecular formula is C22H22F6N6O5S. The zero-order valence-corrected chi connectivity index (χ0v) is 21.1. The average Bonchev–Trinajstić information content (AvgIpc) is 3.57. The molecule has 1 aliphatic heterocycles. The lowest BCUT2D eigenvalue weighted by Gasteiger charge is -2.34. The third-order valence-corrected chi connectivity index (χ3v) is 5.61. The van der Waals surface area contributed by atoms with E-state index >= 15 is 0 Å². The number of carbonyl (C=O) groups excluding carboxylic acids is 1. The lowest BCUT2D eigenvalue weighted by atomic mass is 10.1. The highest BCUT2D eigenvalue weighted by atomic mass is 32.1. The number of thiazole rings is 1. The van der Waals surface area contributed by atoms with Crippen LogP contribution in [0.3, 0.4) is 0 Å². The number of aromatic nitrogens is 4. The van der Waals surface area contributed by atoms with Gasteiger partial charge in [-0.2, -0.15) is 31.4 Å². The van der Waals surface area contributed by atoms with Crippen LogP contribution in [0, 0.1) is 0 Å². The first-order valence-electron chi connectivity index (χ1n) is 11.1. The van der Waals surface area contributed by atoms with Gasteiger partial charge in [-0.15, -0.1) is 11.3 Å². The molecule has 3 N–H and O–H groups in total. The van der Waals surface area contributed by atoms with Gasteiger partial charge in [0.1, 0.15) is 5.69 Å². The van der Waals surface area contributed by atoms with Crippen molar-refractivity contribution in [2.45, 2.75) is 37.9 Å². The summed E-state index contributed by atoms with van der Waals surface area (Å²) < 4.78 is 65.6. The van der Waals surface area contributed by atoms with Crippen molar-refractivity contribution in [3.63, 3.8) is 0 Å². The zero-order chi connectivity index (χ0) is 29.9. The summed E-state index contributed by atoms with van der Waals surface area (Å²) in [6, 6.07) is 6.41. The van der Waals surface area contributed by atoms with Crippen molar-refractivity contribution in [2.75, 3.05) is 13.1 Å². The second kappa shape index (κ2) is 14.4. The molecular weight excluding hydrogens is 574 g/mol. The molecule has 4 rings (SSSR count). The molecule has 0 aliphatic carbocycles. The number of pyridine rings is 1. The van der Waals surface area contributed by atoms with Gasteiger partial charge in [0.25, 0.3) is 5.91 Å². The van der Waals surface area contributed by atoms with Crippen molar-refractivity contribution in [2.24, 2.45) is 0 Å². The highest BCUT2D eigenvalue weighted by Gasteiger charge is 2.38. The summed E-state index contributed by atoms with van der Waals surface area (Å²) in [5.74, 6) is -5.63. The number of hydrogen-bond donors (Lipinski definition) is 3. The Hall–Kier alpha value is -4.06. The normalized spacial score (nSPS) is 15.0. The SMILES string of the molecule is O=C(NCCC1CN(Cc2ccncc2)Cc2ccnn21)c1cscn1.O=C(O)C(F)(F)F.O=C(O)C(F)(F)F. The van der Waals surface area contributed by atoms with Crippen LogP contribution in [0.25, 0.3) is 0 Å². The first kappa shape index (κ1) is 32.2. The van der Waals surface area contributed by atoms with Crippen molar-refractivity contribution in [3.05, 3.63) is 64.6 Å². The number of carboxylic acids is 2. The van der Waals surface area contributed by atoms with Gasteiger partial charge in [-0.3, -0.25) is 19.4 Å². The predicted molar refractivity (Wildman–Crippen MR) is 126 cm³/mol. The van der Waals surface area contributed by atoms with Gasteiger partial charge >= 0.3 is 24.3 Å². The molecule has 0 fully saturated rings. The lowest BCUT2D eigenvalue weighted by molar-refractivity contribution is -0.193. The van der Waals surface area contributed by atoms with Crippen molar-refractivity contribution in [1.82, 2.24) is 30.0 Å². The van der Waals surface area contributed by atoms with E-state index in [1.165, 1.54) is 22.6 Å². The number of carbonyl (C=O) groups is 3. The number of fused-ring (bicyclic) bond motifs is 1.